The van der Waals surface area contributed by atoms with Crippen molar-refractivity contribution in [2.75, 3.05) is 5.32 Å². The Balaban J connectivity index is 1.76. The summed E-state index contributed by atoms with van der Waals surface area (Å²) in [5.74, 6) is 0.741. The van der Waals surface area contributed by atoms with E-state index in [4.69, 9.17) is 0 Å². The zero-order chi connectivity index (χ0) is 17.9. The van der Waals surface area contributed by atoms with Gasteiger partial charge in [-0.15, -0.1) is 10.2 Å². The Morgan fingerprint density at radius 3 is 2.12 bits per heavy atom. The van der Waals surface area contributed by atoms with Crippen molar-refractivity contribution in [2.45, 2.75) is 6.92 Å². The molecule has 0 fully saturated rings. The van der Waals surface area contributed by atoms with Crippen molar-refractivity contribution in [3.63, 3.8) is 0 Å². The van der Waals surface area contributed by atoms with Crippen LogP contribution in [0.5, 0.6) is 0 Å². The van der Waals surface area contributed by atoms with Gasteiger partial charge < -0.3 is 5.32 Å². The molecule has 26 heavy (non-hydrogen) atoms. The summed E-state index contributed by atoms with van der Waals surface area (Å²) in [4.78, 5) is 11.4. The van der Waals surface area contributed by atoms with Crippen LogP contribution in [0.15, 0.2) is 78.9 Å². The van der Waals surface area contributed by atoms with Gasteiger partial charge in [0.1, 0.15) is 5.69 Å². The number of fused-ring (bicyclic) bond motifs is 1. The summed E-state index contributed by atoms with van der Waals surface area (Å²) in [5, 5.41) is 14.2. The molecule has 1 heterocycles. The lowest BCUT2D eigenvalue weighted by Gasteiger charge is -2.11. The highest BCUT2D eigenvalue weighted by Gasteiger charge is 2.11. The van der Waals surface area contributed by atoms with E-state index in [0.29, 0.717) is 11.4 Å². The zero-order valence-corrected chi connectivity index (χ0v) is 14.3. The number of anilines is 2. The Bertz CT molecular complexity index is 1070. The molecule has 4 rings (SSSR count). The lowest BCUT2D eigenvalue weighted by atomic mass is 10.0. The van der Waals surface area contributed by atoms with Crippen LogP contribution in [0.2, 0.25) is 0 Å². The Morgan fingerprint density at radius 1 is 0.769 bits per heavy atom. The minimum absolute atomic E-state index is 0.0500. The maximum Gasteiger partial charge on any atom is 0.161 e. The normalized spacial score (nSPS) is 10.7. The van der Waals surface area contributed by atoms with E-state index in [9.17, 15) is 4.79 Å². The molecule has 4 aromatic rings. The molecule has 4 heteroatoms. The summed E-state index contributed by atoms with van der Waals surface area (Å²) in [5.41, 5.74) is 3.44. The summed E-state index contributed by atoms with van der Waals surface area (Å²) in [7, 11) is 0. The molecule has 3 aromatic carbocycles. The third kappa shape index (κ3) is 3.05. The predicted octanol–water partition coefficient (Wildman–Crippen LogP) is 5.24. The summed E-state index contributed by atoms with van der Waals surface area (Å²) < 4.78 is 0. The van der Waals surface area contributed by atoms with Crippen LogP contribution in [-0.4, -0.2) is 16.0 Å². The predicted molar refractivity (Wildman–Crippen MR) is 105 cm³/mol. The number of nitrogens with one attached hydrogen (secondary N) is 1. The average molecular weight is 339 g/mol. The van der Waals surface area contributed by atoms with Gasteiger partial charge in [-0.3, -0.25) is 4.79 Å². The van der Waals surface area contributed by atoms with Gasteiger partial charge >= 0.3 is 0 Å². The first-order valence-electron chi connectivity index (χ1n) is 8.41. The van der Waals surface area contributed by atoms with Crippen LogP contribution in [0.3, 0.4) is 0 Å². The van der Waals surface area contributed by atoms with Crippen molar-refractivity contribution < 1.29 is 4.79 Å². The molecule has 0 atom stereocenters. The molecular weight excluding hydrogens is 322 g/mol. The topological polar surface area (TPSA) is 54.9 Å². The molecule has 0 spiro atoms. The summed E-state index contributed by atoms with van der Waals surface area (Å²) in [6, 6.07) is 25.5. The Morgan fingerprint density at radius 2 is 1.42 bits per heavy atom. The molecule has 126 valence electrons. The number of hydrogen-bond acceptors (Lipinski definition) is 4. The highest BCUT2D eigenvalue weighted by molar-refractivity contribution is 6.01. The van der Waals surface area contributed by atoms with Gasteiger partial charge in [-0.25, -0.2) is 0 Å². The fourth-order valence-corrected chi connectivity index (χ4v) is 2.93. The first kappa shape index (κ1) is 16.0. The number of benzene rings is 3. The summed E-state index contributed by atoms with van der Waals surface area (Å²) >= 11 is 0. The Hall–Kier alpha value is -3.53. The van der Waals surface area contributed by atoms with Gasteiger partial charge in [-0.2, -0.15) is 0 Å². The number of hydrogen-bond donors (Lipinski definition) is 1. The monoisotopic (exact) mass is 339 g/mol. The molecule has 0 radical (unpaired) electrons. The Labute approximate surface area is 151 Å². The second-order valence-electron chi connectivity index (χ2n) is 6.07. The van der Waals surface area contributed by atoms with Crippen LogP contribution < -0.4 is 5.32 Å². The highest BCUT2D eigenvalue weighted by Crippen LogP contribution is 2.30. The van der Waals surface area contributed by atoms with Gasteiger partial charge in [0.25, 0.3) is 0 Å². The fraction of sp³-hybridized carbons (Fsp3) is 0.0455. The zero-order valence-electron chi connectivity index (χ0n) is 14.3. The Kier molecular flexibility index (Phi) is 4.15. The smallest absolute Gasteiger partial charge is 0.161 e. The second kappa shape index (κ2) is 6.76. The molecule has 0 saturated carbocycles. The van der Waals surface area contributed by atoms with Crippen molar-refractivity contribution >= 4 is 28.1 Å². The molecule has 0 bridgehead atoms. The first-order chi connectivity index (χ1) is 12.7. The average Bonchev–Trinajstić information content (AvgIpc) is 2.69. The van der Waals surface area contributed by atoms with E-state index >= 15 is 0 Å². The largest absolute Gasteiger partial charge is 0.338 e. The quantitative estimate of drug-likeness (QED) is 0.516. The molecule has 1 aromatic heterocycles. The maximum atomic E-state index is 11.4. The van der Waals surface area contributed by atoms with Crippen molar-refractivity contribution in [3.05, 3.63) is 84.4 Å². The number of ketones is 1. The van der Waals surface area contributed by atoms with Crippen LogP contribution in [0.1, 0.15) is 17.3 Å². The maximum absolute atomic E-state index is 11.4. The van der Waals surface area contributed by atoms with Gasteiger partial charge in [-0.1, -0.05) is 54.6 Å². The van der Waals surface area contributed by atoms with E-state index in [1.807, 2.05) is 60.7 Å². The second-order valence-corrected chi connectivity index (χ2v) is 6.07. The number of carbonyl (C=O) groups excluding carboxylic acids is 1. The van der Waals surface area contributed by atoms with Crippen LogP contribution in [0.25, 0.3) is 22.0 Å². The number of nitrogens with zero attached hydrogens (tertiary/aromatic N) is 2. The van der Waals surface area contributed by atoms with Gasteiger partial charge in [0.15, 0.2) is 11.6 Å². The molecule has 0 aliphatic rings. The van der Waals surface area contributed by atoms with Gasteiger partial charge in [-0.05, 0) is 31.2 Å². The van der Waals surface area contributed by atoms with Gasteiger partial charge in [0.2, 0.25) is 0 Å². The molecular formula is C22H17N3O. The number of Topliss-reactive ketones (excluding diaryl/α,β-unsaturated/α-hetero) is 1. The van der Waals surface area contributed by atoms with E-state index in [-0.39, 0.29) is 5.78 Å². The van der Waals surface area contributed by atoms with Crippen LogP contribution in [0, 0.1) is 0 Å². The summed E-state index contributed by atoms with van der Waals surface area (Å²) in [6.45, 7) is 1.56. The highest BCUT2D eigenvalue weighted by atomic mass is 16.1. The third-order valence-electron chi connectivity index (χ3n) is 4.29. The standard InChI is InChI=1S/C22H17N3O/c1-15(26)16-11-13-18(14-12-16)23-22-20-10-6-5-9-19(20)21(24-25-22)17-7-3-2-4-8-17/h2-14H,1H3,(H,23,25). The van der Waals surface area contributed by atoms with Crippen molar-refractivity contribution in [3.8, 4) is 11.3 Å². The van der Waals surface area contributed by atoms with Crippen molar-refractivity contribution in [1.29, 1.82) is 0 Å². The number of aromatic nitrogens is 2. The van der Waals surface area contributed by atoms with E-state index in [2.05, 4.69) is 21.6 Å². The molecule has 0 unspecified atom stereocenters. The number of rotatable bonds is 4. The molecule has 0 aliphatic carbocycles. The SMILES string of the molecule is CC(=O)c1ccc(Nc2nnc(-c3ccccc3)c3ccccc23)cc1. The minimum atomic E-state index is 0.0500. The van der Waals surface area contributed by atoms with Crippen molar-refractivity contribution in [2.24, 2.45) is 0 Å². The third-order valence-corrected chi connectivity index (χ3v) is 4.29. The van der Waals surface area contributed by atoms with Crippen LogP contribution in [0.4, 0.5) is 11.5 Å². The lowest BCUT2D eigenvalue weighted by molar-refractivity contribution is 0.101. The molecule has 0 aliphatic heterocycles. The minimum Gasteiger partial charge on any atom is -0.338 e. The molecule has 1 N–H and O–H groups in total. The molecule has 0 saturated heterocycles. The lowest BCUT2D eigenvalue weighted by Crippen LogP contribution is -2.00. The summed E-state index contributed by atoms with van der Waals surface area (Å²) in [6.07, 6.45) is 0. The number of carbonyl (C=O) groups is 1. The van der Waals surface area contributed by atoms with Gasteiger partial charge in [0, 0.05) is 27.6 Å². The van der Waals surface area contributed by atoms with E-state index in [1.54, 1.807) is 19.1 Å². The van der Waals surface area contributed by atoms with Crippen LogP contribution in [-0.2, 0) is 0 Å². The van der Waals surface area contributed by atoms with Crippen LogP contribution >= 0.6 is 0 Å². The first-order valence-corrected chi connectivity index (χ1v) is 8.41. The van der Waals surface area contributed by atoms with Crippen molar-refractivity contribution in [1.82, 2.24) is 10.2 Å². The molecule has 4 nitrogen and oxygen atoms in total. The van der Waals surface area contributed by atoms with E-state index in [1.165, 1.54) is 0 Å². The van der Waals surface area contributed by atoms with E-state index in [0.717, 1.165) is 27.7 Å². The van der Waals surface area contributed by atoms with Gasteiger partial charge in [0.05, 0.1) is 0 Å². The van der Waals surface area contributed by atoms with E-state index < -0.39 is 0 Å². The fourth-order valence-electron chi connectivity index (χ4n) is 2.93. The molecule has 0 amide bonds.